The van der Waals surface area contributed by atoms with Crippen molar-refractivity contribution in [3.8, 4) is 11.4 Å². The van der Waals surface area contributed by atoms with Crippen molar-refractivity contribution >= 4 is 28.7 Å². The summed E-state index contributed by atoms with van der Waals surface area (Å²) in [4.78, 5) is 56.7. The van der Waals surface area contributed by atoms with Gasteiger partial charge in [0, 0.05) is 17.0 Å². The van der Waals surface area contributed by atoms with Crippen LogP contribution >= 0.6 is 0 Å². The number of aryl methyl sites for hydroxylation is 1. The first-order valence-electron chi connectivity index (χ1n) is 15.6. The molecular formula is C33H36FN5O6. The van der Waals surface area contributed by atoms with Crippen molar-refractivity contribution in [1.29, 1.82) is 0 Å². The lowest BCUT2D eigenvalue weighted by Gasteiger charge is -2.41. The van der Waals surface area contributed by atoms with E-state index in [0.717, 1.165) is 28.5 Å². The van der Waals surface area contributed by atoms with E-state index < -0.39 is 17.4 Å². The van der Waals surface area contributed by atoms with Crippen molar-refractivity contribution in [2.75, 3.05) is 19.9 Å². The van der Waals surface area contributed by atoms with Crippen molar-refractivity contribution in [2.45, 2.75) is 77.5 Å². The molecule has 11 nitrogen and oxygen atoms in total. The number of carbonyl (C=O) groups is 3. The minimum Gasteiger partial charge on any atom is -0.460 e. The Labute approximate surface area is 258 Å². The molecule has 0 radical (unpaired) electrons. The highest BCUT2D eigenvalue weighted by molar-refractivity contribution is 5.94. The van der Waals surface area contributed by atoms with Gasteiger partial charge in [-0.05, 0) is 67.3 Å². The van der Waals surface area contributed by atoms with Crippen LogP contribution in [0.4, 0.5) is 4.39 Å². The number of aromatic nitrogens is 2. The second kappa shape index (κ2) is 11.0. The number of rotatable bonds is 8. The van der Waals surface area contributed by atoms with Crippen LogP contribution in [-0.4, -0.2) is 47.2 Å². The van der Waals surface area contributed by atoms with Crippen molar-refractivity contribution in [2.24, 2.45) is 11.1 Å². The fourth-order valence-corrected chi connectivity index (χ4v) is 7.52. The largest absolute Gasteiger partial charge is 0.460 e. The number of nitrogens with zero attached hydrogens (tertiary/aromatic N) is 2. The van der Waals surface area contributed by atoms with E-state index in [9.17, 15) is 19.2 Å². The fourth-order valence-electron chi connectivity index (χ4n) is 7.52. The number of carbonyl (C=O) groups excluding carboxylic acids is 3. The van der Waals surface area contributed by atoms with Crippen molar-refractivity contribution in [3.05, 3.63) is 61.7 Å². The summed E-state index contributed by atoms with van der Waals surface area (Å²) in [7, 11) is 0. The number of nitrogens with two attached hydrogens (primary N) is 1. The number of halogens is 1. The summed E-state index contributed by atoms with van der Waals surface area (Å²) >= 11 is 0. The molecule has 0 saturated heterocycles. The third kappa shape index (κ3) is 4.56. The molecule has 4 N–H and O–H groups in total. The van der Waals surface area contributed by atoms with Crippen molar-refractivity contribution < 1.29 is 28.2 Å². The van der Waals surface area contributed by atoms with Gasteiger partial charge in [-0.1, -0.05) is 13.3 Å². The fraction of sp³-hybridized carbons (Fsp3) is 0.485. The SMILES string of the molecule is CCC1C(=O)OCc2c1cc1n(c2=O)Cc2c-1nc1cc(F)c(C)c3c1c2C(NC(=O)C1(COCNC(=O)CN)CCC1)CC3. The molecule has 0 bridgehead atoms. The number of hydrogen-bond donors (Lipinski definition) is 3. The van der Waals surface area contributed by atoms with Gasteiger partial charge < -0.3 is 30.4 Å². The third-order valence-electron chi connectivity index (χ3n) is 10.2. The summed E-state index contributed by atoms with van der Waals surface area (Å²) in [6.07, 6.45) is 3.82. The Bertz CT molecular complexity index is 1850. The molecule has 1 saturated carbocycles. The Hall–Kier alpha value is -4.16. The van der Waals surface area contributed by atoms with Gasteiger partial charge in [-0.3, -0.25) is 19.2 Å². The molecule has 2 aliphatic carbocycles. The summed E-state index contributed by atoms with van der Waals surface area (Å²) in [6.45, 7) is 3.80. The summed E-state index contributed by atoms with van der Waals surface area (Å²) < 4.78 is 27.9. The summed E-state index contributed by atoms with van der Waals surface area (Å²) in [5.74, 6) is -1.71. The molecule has 3 aromatic rings. The van der Waals surface area contributed by atoms with Gasteiger partial charge in [-0.2, -0.15) is 0 Å². The number of cyclic esters (lactones) is 1. The molecule has 2 amide bonds. The number of fused-ring (bicyclic) bond motifs is 5. The molecule has 1 fully saturated rings. The van der Waals surface area contributed by atoms with Crippen LogP contribution < -0.4 is 21.9 Å². The van der Waals surface area contributed by atoms with E-state index in [1.54, 1.807) is 11.5 Å². The van der Waals surface area contributed by atoms with Crippen LogP contribution in [0.3, 0.4) is 0 Å². The highest BCUT2D eigenvalue weighted by Gasteiger charge is 2.46. The van der Waals surface area contributed by atoms with Crippen molar-refractivity contribution in [3.63, 3.8) is 0 Å². The van der Waals surface area contributed by atoms with Crippen LogP contribution in [0.15, 0.2) is 16.9 Å². The maximum absolute atomic E-state index is 15.2. The predicted molar refractivity (Wildman–Crippen MR) is 162 cm³/mol. The average molecular weight is 618 g/mol. The number of pyridine rings is 2. The van der Waals surface area contributed by atoms with Gasteiger partial charge in [0.05, 0.1) is 59.5 Å². The smallest absolute Gasteiger partial charge is 0.313 e. The predicted octanol–water partition coefficient (Wildman–Crippen LogP) is 2.75. The van der Waals surface area contributed by atoms with E-state index >= 15 is 4.39 Å². The number of benzene rings is 1. The monoisotopic (exact) mass is 617 g/mol. The van der Waals surface area contributed by atoms with Gasteiger partial charge in [0.25, 0.3) is 5.56 Å². The number of ether oxygens (including phenoxy) is 2. The van der Waals surface area contributed by atoms with Crippen LogP contribution in [0.1, 0.15) is 84.4 Å². The van der Waals surface area contributed by atoms with Crippen LogP contribution in [0.25, 0.3) is 22.3 Å². The van der Waals surface area contributed by atoms with Gasteiger partial charge in [-0.25, -0.2) is 9.37 Å². The lowest BCUT2D eigenvalue weighted by Crippen LogP contribution is -2.50. The third-order valence-corrected chi connectivity index (χ3v) is 10.2. The Morgan fingerprint density at radius 1 is 1.22 bits per heavy atom. The average Bonchev–Trinajstić information content (AvgIpc) is 3.37. The van der Waals surface area contributed by atoms with Gasteiger partial charge >= 0.3 is 5.97 Å². The summed E-state index contributed by atoms with van der Waals surface area (Å²) in [6, 6.07) is 2.91. The van der Waals surface area contributed by atoms with Crippen LogP contribution in [0.2, 0.25) is 0 Å². The highest BCUT2D eigenvalue weighted by Crippen LogP contribution is 2.47. The number of amides is 2. The van der Waals surface area contributed by atoms with E-state index in [-0.39, 0.29) is 62.2 Å². The van der Waals surface area contributed by atoms with Gasteiger partial charge in [0.2, 0.25) is 11.8 Å². The quantitative estimate of drug-likeness (QED) is 0.155. The standard InChI is InChI=1S/C33H36FN5O6/c1-3-17-19-9-25-29-20(12-39(25)30(41)21(19)13-45-31(17)42)28-23(6-5-18-16(2)22(34)10-24(37-29)27(18)28)38-32(43)33(7-4-8-33)14-44-15-36-26(40)11-35/h9-10,17,23H,3-8,11-15,35H2,1-2H3,(H,36,40)(H,38,43). The number of nitrogens with one attached hydrogen (secondary N) is 2. The van der Waals surface area contributed by atoms with E-state index in [1.807, 2.05) is 13.0 Å². The molecule has 2 aliphatic heterocycles. The molecule has 4 aliphatic rings. The van der Waals surface area contributed by atoms with Crippen LogP contribution in [0.5, 0.6) is 0 Å². The Kier molecular flexibility index (Phi) is 7.24. The first-order chi connectivity index (χ1) is 21.7. The van der Waals surface area contributed by atoms with Crippen molar-refractivity contribution in [1.82, 2.24) is 20.2 Å². The second-order valence-electron chi connectivity index (χ2n) is 12.6. The molecule has 45 heavy (non-hydrogen) atoms. The normalized spacial score (nSPS) is 20.5. The maximum Gasteiger partial charge on any atom is 0.313 e. The Balaban J connectivity index is 1.30. The van der Waals surface area contributed by atoms with E-state index in [1.165, 1.54) is 6.07 Å². The van der Waals surface area contributed by atoms with Crippen LogP contribution in [-0.2, 0) is 43.4 Å². The first-order valence-corrected chi connectivity index (χ1v) is 15.6. The number of esters is 1. The van der Waals surface area contributed by atoms with E-state index in [0.29, 0.717) is 65.7 Å². The molecule has 0 spiro atoms. The lowest BCUT2D eigenvalue weighted by atomic mass is 9.68. The molecular weight excluding hydrogens is 581 g/mol. The highest BCUT2D eigenvalue weighted by atomic mass is 19.1. The zero-order valence-electron chi connectivity index (χ0n) is 25.4. The van der Waals surface area contributed by atoms with Crippen LogP contribution in [0, 0.1) is 18.2 Å². The second-order valence-corrected chi connectivity index (χ2v) is 12.6. The minimum absolute atomic E-state index is 0.0301. The number of hydrogen-bond acceptors (Lipinski definition) is 8. The minimum atomic E-state index is -0.720. The lowest BCUT2D eigenvalue weighted by molar-refractivity contribution is -0.148. The Morgan fingerprint density at radius 2 is 2.02 bits per heavy atom. The van der Waals surface area contributed by atoms with E-state index in [2.05, 4.69) is 10.6 Å². The van der Waals surface area contributed by atoms with Gasteiger partial charge in [-0.15, -0.1) is 0 Å². The van der Waals surface area contributed by atoms with Gasteiger partial charge in [0.1, 0.15) is 19.2 Å². The Morgan fingerprint density at radius 3 is 2.73 bits per heavy atom. The van der Waals surface area contributed by atoms with Gasteiger partial charge in [0.15, 0.2) is 0 Å². The molecule has 236 valence electrons. The van der Waals surface area contributed by atoms with E-state index in [4.69, 9.17) is 20.2 Å². The summed E-state index contributed by atoms with van der Waals surface area (Å²) in [5.41, 5.74) is 10.3. The summed E-state index contributed by atoms with van der Waals surface area (Å²) in [5, 5.41) is 6.70. The molecule has 2 aromatic heterocycles. The maximum atomic E-state index is 15.2. The molecule has 4 heterocycles. The first kappa shape index (κ1) is 29.5. The molecule has 7 rings (SSSR count). The molecule has 2 unspecified atom stereocenters. The zero-order valence-corrected chi connectivity index (χ0v) is 25.4. The topological polar surface area (TPSA) is 155 Å². The molecule has 2 atom stereocenters. The molecule has 1 aromatic carbocycles. The zero-order chi connectivity index (χ0) is 31.6. The molecule has 12 heteroatoms.